The van der Waals surface area contributed by atoms with Gasteiger partial charge in [0.05, 0.1) is 12.1 Å². The highest BCUT2D eigenvalue weighted by Crippen LogP contribution is 2.27. The Kier molecular flexibility index (Phi) is 5.81. The van der Waals surface area contributed by atoms with Gasteiger partial charge >= 0.3 is 0 Å². The molecule has 1 amide bonds. The van der Waals surface area contributed by atoms with Gasteiger partial charge in [-0.15, -0.1) is 0 Å². The number of nitrogens with two attached hydrogens (primary N) is 1. The molecule has 5 heteroatoms. The zero-order valence-electron chi connectivity index (χ0n) is 12.7. The first-order valence-electron chi connectivity index (χ1n) is 7.12. The summed E-state index contributed by atoms with van der Waals surface area (Å²) in [6, 6.07) is 15.5. The minimum absolute atomic E-state index is 0.0657. The molecule has 0 saturated heterocycles. The van der Waals surface area contributed by atoms with Gasteiger partial charge in [0.15, 0.2) is 6.54 Å². The molecule has 0 saturated carbocycles. The van der Waals surface area contributed by atoms with Crippen LogP contribution in [0.3, 0.4) is 0 Å². The van der Waals surface area contributed by atoms with E-state index >= 15 is 0 Å². The predicted octanol–water partition coefficient (Wildman–Crippen LogP) is 2.61. The van der Waals surface area contributed by atoms with Crippen LogP contribution in [0, 0.1) is 0 Å². The minimum Gasteiger partial charge on any atom is -0.495 e. The molecule has 0 heterocycles. The van der Waals surface area contributed by atoms with Gasteiger partial charge in [0.1, 0.15) is 11.8 Å². The molecular weight excluding hydrogens is 300 g/mol. The maximum absolute atomic E-state index is 12.0. The molecule has 0 aliphatic heterocycles. The fraction of sp³-hybridized carbons (Fsp3) is 0.235. The van der Waals surface area contributed by atoms with E-state index in [0.717, 1.165) is 0 Å². The first-order chi connectivity index (χ1) is 10.6. The van der Waals surface area contributed by atoms with Crippen molar-refractivity contribution < 1.29 is 14.8 Å². The quantitative estimate of drug-likeness (QED) is 0.860. The molecular formula is C17H20ClN2O2+. The number of rotatable bonds is 6. The van der Waals surface area contributed by atoms with Gasteiger partial charge in [-0.2, -0.15) is 0 Å². The Labute approximate surface area is 135 Å². The van der Waals surface area contributed by atoms with E-state index in [1.807, 2.05) is 23.5 Å². The normalized spacial score (nSPS) is 11.8. The number of hydrogen-bond donors (Lipinski definition) is 2. The fourth-order valence-corrected chi connectivity index (χ4v) is 2.39. The molecule has 0 spiro atoms. The summed E-state index contributed by atoms with van der Waals surface area (Å²) in [7, 11) is 1.55. The number of methoxy groups -OCH3 is 1. The lowest BCUT2D eigenvalue weighted by atomic mass is 10.1. The van der Waals surface area contributed by atoms with Crippen LogP contribution in [-0.4, -0.2) is 19.6 Å². The molecule has 22 heavy (non-hydrogen) atoms. The Morgan fingerprint density at radius 3 is 2.64 bits per heavy atom. The molecule has 0 unspecified atom stereocenters. The average molecular weight is 320 g/mol. The van der Waals surface area contributed by atoms with Crippen LogP contribution in [0.25, 0.3) is 0 Å². The Hall–Kier alpha value is -2.04. The van der Waals surface area contributed by atoms with Crippen LogP contribution in [-0.2, 0) is 4.79 Å². The van der Waals surface area contributed by atoms with E-state index in [1.165, 1.54) is 5.56 Å². The van der Waals surface area contributed by atoms with Crippen molar-refractivity contribution in [2.75, 3.05) is 19.0 Å². The number of amides is 1. The van der Waals surface area contributed by atoms with E-state index < -0.39 is 0 Å². The van der Waals surface area contributed by atoms with Gasteiger partial charge in [0.2, 0.25) is 0 Å². The van der Waals surface area contributed by atoms with E-state index in [1.54, 1.807) is 25.3 Å². The summed E-state index contributed by atoms with van der Waals surface area (Å²) in [6.45, 7) is 2.42. The number of carbonyl (C=O) groups is 1. The Morgan fingerprint density at radius 1 is 1.27 bits per heavy atom. The van der Waals surface area contributed by atoms with Crippen LogP contribution in [0.15, 0.2) is 48.5 Å². The maximum atomic E-state index is 12.0. The molecule has 116 valence electrons. The predicted molar refractivity (Wildman–Crippen MR) is 88.3 cm³/mol. The SMILES string of the molecule is COc1ccc(NC(=O)C[NH2+][C@@H](C)c2ccccc2)cc1Cl. The van der Waals surface area contributed by atoms with Crippen LogP contribution < -0.4 is 15.4 Å². The van der Waals surface area contributed by atoms with Crippen molar-refractivity contribution >= 4 is 23.2 Å². The van der Waals surface area contributed by atoms with Crippen LogP contribution in [0.4, 0.5) is 5.69 Å². The molecule has 0 aliphatic rings. The molecule has 1 atom stereocenters. The number of anilines is 1. The third kappa shape index (κ3) is 4.48. The molecule has 0 bridgehead atoms. The van der Waals surface area contributed by atoms with Crippen molar-refractivity contribution in [3.05, 3.63) is 59.1 Å². The van der Waals surface area contributed by atoms with Gasteiger partial charge in [0.25, 0.3) is 5.91 Å². The van der Waals surface area contributed by atoms with Crippen molar-refractivity contribution in [3.8, 4) is 5.75 Å². The number of hydrogen-bond acceptors (Lipinski definition) is 2. The molecule has 0 aromatic heterocycles. The number of quaternary nitrogens is 1. The van der Waals surface area contributed by atoms with Crippen LogP contribution in [0.1, 0.15) is 18.5 Å². The molecule has 0 fully saturated rings. The maximum Gasteiger partial charge on any atom is 0.279 e. The molecule has 2 aromatic carbocycles. The topological polar surface area (TPSA) is 54.9 Å². The second-order valence-corrected chi connectivity index (χ2v) is 5.44. The summed E-state index contributed by atoms with van der Waals surface area (Å²) in [5.41, 5.74) is 1.86. The monoisotopic (exact) mass is 319 g/mol. The Morgan fingerprint density at radius 2 is 2.00 bits per heavy atom. The number of benzene rings is 2. The van der Waals surface area contributed by atoms with Crippen molar-refractivity contribution in [3.63, 3.8) is 0 Å². The van der Waals surface area contributed by atoms with Gasteiger partial charge < -0.3 is 15.4 Å². The van der Waals surface area contributed by atoms with E-state index in [9.17, 15) is 4.79 Å². The summed E-state index contributed by atoms with van der Waals surface area (Å²) < 4.78 is 5.08. The highest BCUT2D eigenvalue weighted by molar-refractivity contribution is 6.32. The number of ether oxygens (including phenoxy) is 1. The second-order valence-electron chi connectivity index (χ2n) is 5.04. The van der Waals surface area contributed by atoms with Gasteiger partial charge in [-0.05, 0) is 25.1 Å². The third-order valence-corrected chi connectivity index (χ3v) is 3.71. The largest absolute Gasteiger partial charge is 0.495 e. The fourth-order valence-electron chi connectivity index (χ4n) is 2.13. The molecule has 3 N–H and O–H groups in total. The van der Waals surface area contributed by atoms with Crippen molar-refractivity contribution in [2.24, 2.45) is 0 Å². The lowest BCUT2D eigenvalue weighted by Gasteiger charge is -2.11. The summed E-state index contributed by atoms with van der Waals surface area (Å²) in [4.78, 5) is 12.0. The van der Waals surface area contributed by atoms with E-state index in [4.69, 9.17) is 16.3 Å². The number of nitrogens with one attached hydrogen (secondary N) is 1. The molecule has 2 rings (SSSR count). The summed E-state index contributed by atoms with van der Waals surface area (Å²) in [5, 5.41) is 5.30. The smallest absolute Gasteiger partial charge is 0.279 e. The van der Waals surface area contributed by atoms with Crippen LogP contribution >= 0.6 is 11.6 Å². The lowest BCUT2D eigenvalue weighted by Crippen LogP contribution is -2.86. The van der Waals surface area contributed by atoms with E-state index in [0.29, 0.717) is 23.0 Å². The number of halogens is 1. The van der Waals surface area contributed by atoms with E-state index in [2.05, 4.69) is 24.4 Å². The van der Waals surface area contributed by atoms with Gasteiger partial charge in [-0.25, -0.2) is 0 Å². The third-order valence-electron chi connectivity index (χ3n) is 3.42. The highest BCUT2D eigenvalue weighted by atomic mass is 35.5. The Balaban J connectivity index is 1.87. The van der Waals surface area contributed by atoms with Crippen LogP contribution in [0.2, 0.25) is 5.02 Å². The molecule has 0 radical (unpaired) electrons. The first kappa shape index (κ1) is 16.3. The lowest BCUT2D eigenvalue weighted by molar-refractivity contribution is -0.682. The highest BCUT2D eigenvalue weighted by Gasteiger charge is 2.11. The molecule has 0 aliphatic carbocycles. The van der Waals surface area contributed by atoms with Gasteiger partial charge in [0, 0.05) is 11.3 Å². The summed E-state index contributed by atoms with van der Waals surface area (Å²) in [6.07, 6.45) is 0. The number of carbonyl (C=O) groups excluding carboxylic acids is 1. The van der Waals surface area contributed by atoms with Gasteiger partial charge in [-0.3, -0.25) is 4.79 Å². The molecule has 4 nitrogen and oxygen atoms in total. The summed E-state index contributed by atoms with van der Waals surface area (Å²) in [5.74, 6) is 0.521. The standard InChI is InChI=1S/C17H19ClN2O2/c1-12(13-6-4-3-5-7-13)19-11-17(21)20-14-8-9-16(22-2)15(18)10-14/h3-10,12,19H,11H2,1-2H3,(H,20,21)/p+1/t12-/m0/s1. The second kappa shape index (κ2) is 7.82. The van der Waals surface area contributed by atoms with Crippen molar-refractivity contribution in [1.29, 1.82) is 0 Å². The minimum atomic E-state index is -0.0657. The average Bonchev–Trinajstić information content (AvgIpc) is 2.53. The first-order valence-corrected chi connectivity index (χ1v) is 7.49. The van der Waals surface area contributed by atoms with E-state index in [-0.39, 0.29) is 11.9 Å². The Bertz CT molecular complexity index is 632. The summed E-state index contributed by atoms with van der Waals surface area (Å²) >= 11 is 6.04. The van der Waals surface area contributed by atoms with Crippen LogP contribution in [0.5, 0.6) is 5.75 Å². The molecule has 2 aromatic rings. The zero-order valence-corrected chi connectivity index (χ0v) is 13.4. The zero-order chi connectivity index (χ0) is 15.9. The van der Waals surface area contributed by atoms with Crippen molar-refractivity contribution in [1.82, 2.24) is 0 Å². The van der Waals surface area contributed by atoms with Gasteiger partial charge in [-0.1, -0.05) is 41.9 Å². The van der Waals surface area contributed by atoms with Crippen molar-refractivity contribution in [2.45, 2.75) is 13.0 Å².